The number of aromatic nitrogens is 2. The van der Waals surface area contributed by atoms with Gasteiger partial charge in [0, 0.05) is 5.69 Å². The quantitative estimate of drug-likeness (QED) is 0.431. The van der Waals surface area contributed by atoms with Crippen molar-refractivity contribution in [2.75, 3.05) is 5.32 Å². The lowest BCUT2D eigenvalue weighted by Crippen LogP contribution is -2.13. The molecule has 4 aromatic rings. The predicted molar refractivity (Wildman–Crippen MR) is 122 cm³/mol. The van der Waals surface area contributed by atoms with Crippen LogP contribution in [0.1, 0.15) is 54.9 Å². The monoisotopic (exact) mass is 394 g/mol. The van der Waals surface area contributed by atoms with Crippen molar-refractivity contribution in [1.29, 1.82) is 5.26 Å². The number of aryl methyl sites for hydroxylation is 1. The van der Waals surface area contributed by atoms with Crippen LogP contribution in [0.2, 0.25) is 0 Å². The first-order valence-electron chi connectivity index (χ1n) is 11.0. The standard InChI is InChI=1S/C26H26N4/c1-2-3-8-18-13-15-19(16-14-18)28-25-21-10-5-4-9-20(21)22(17-27)26-29-23-11-6-7-12-24(23)30(25)26/h6-7,11-16,28H,2-5,8-10H2,1H3. The van der Waals surface area contributed by atoms with Crippen LogP contribution in [0, 0.1) is 11.3 Å². The van der Waals surface area contributed by atoms with Crippen molar-refractivity contribution < 1.29 is 0 Å². The van der Waals surface area contributed by atoms with Crippen LogP contribution in [0.5, 0.6) is 0 Å². The molecule has 2 aromatic carbocycles. The Morgan fingerprint density at radius 2 is 1.80 bits per heavy atom. The minimum Gasteiger partial charge on any atom is -0.341 e. The number of pyridine rings is 1. The molecule has 150 valence electrons. The first kappa shape index (κ1) is 18.7. The topological polar surface area (TPSA) is 53.1 Å². The van der Waals surface area contributed by atoms with Crippen LogP contribution in [-0.2, 0) is 19.3 Å². The minimum absolute atomic E-state index is 0.737. The van der Waals surface area contributed by atoms with Gasteiger partial charge in [-0.1, -0.05) is 37.6 Å². The zero-order valence-electron chi connectivity index (χ0n) is 17.4. The highest BCUT2D eigenvalue weighted by molar-refractivity contribution is 5.87. The summed E-state index contributed by atoms with van der Waals surface area (Å²) in [4.78, 5) is 4.84. The molecule has 4 nitrogen and oxygen atoms in total. The zero-order valence-corrected chi connectivity index (χ0v) is 17.4. The van der Waals surface area contributed by atoms with E-state index >= 15 is 0 Å². The third kappa shape index (κ3) is 3.11. The van der Waals surface area contributed by atoms with Crippen molar-refractivity contribution in [3.05, 3.63) is 70.8 Å². The van der Waals surface area contributed by atoms with Gasteiger partial charge in [0.15, 0.2) is 5.65 Å². The number of imidazole rings is 1. The highest BCUT2D eigenvalue weighted by Crippen LogP contribution is 2.36. The van der Waals surface area contributed by atoms with E-state index in [1.807, 2.05) is 18.2 Å². The fourth-order valence-electron chi connectivity index (χ4n) is 4.65. The molecular formula is C26H26N4. The summed E-state index contributed by atoms with van der Waals surface area (Å²) in [5.41, 5.74) is 8.36. The average molecular weight is 395 g/mol. The number of nitrogens with zero attached hydrogens (tertiary/aromatic N) is 3. The molecule has 1 aliphatic carbocycles. The molecule has 0 radical (unpaired) electrons. The Labute approximate surface area is 177 Å². The molecular weight excluding hydrogens is 368 g/mol. The van der Waals surface area contributed by atoms with Crippen LogP contribution in [0.3, 0.4) is 0 Å². The molecule has 2 heterocycles. The number of unbranched alkanes of at least 4 members (excludes halogenated alkanes) is 1. The lowest BCUT2D eigenvalue weighted by Gasteiger charge is -2.23. The Morgan fingerprint density at radius 3 is 2.57 bits per heavy atom. The Balaban J connectivity index is 1.69. The maximum Gasteiger partial charge on any atom is 0.157 e. The van der Waals surface area contributed by atoms with Gasteiger partial charge in [-0.3, -0.25) is 4.40 Å². The lowest BCUT2D eigenvalue weighted by molar-refractivity contribution is 0.682. The van der Waals surface area contributed by atoms with E-state index in [0.717, 1.165) is 65.9 Å². The summed E-state index contributed by atoms with van der Waals surface area (Å²) in [6, 6.07) is 19.4. The van der Waals surface area contributed by atoms with Gasteiger partial charge in [0.05, 0.1) is 16.6 Å². The molecule has 0 fully saturated rings. The van der Waals surface area contributed by atoms with Crippen molar-refractivity contribution in [3.63, 3.8) is 0 Å². The van der Waals surface area contributed by atoms with Crippen LogP contribution >= 0.6 is 0 Å². The fourth-order valence-corrected chi connectivity index (χ4v) is 4.65. The predicted octanol–water partition coefficient (Wildman–Crippen LogP) is 6.32. The van der Waals surface area contributed by atoms with Crippen LogP contribution in [0.4, 0.5) is 11.5 Å². The van der Waals surface area contributed by atoms with Gasteiger partial charge >= 0.3 is 0 Å². The van der Waals surface area contributed by atoms with E-state index in [4.69, 9.17) is 4.98 Å². The van der Waals surface area contributed by atoms with Crippen molar-refractivity contribution in [3.8, 4) is 6.07 Å². The van der Waals surface area contributed by atoms with Gasteiger partial charge in [-0.05, 0) is 79.5 Å². The van der Waals surface area contributed by atoms with E-state index in [-0.39, 0.29) is 0 Å². The minimum atomic E-state index is 0.737. The first-order valence-corrected chi connectivity index (χ1v) is 11.0. The summed E-state index contributed by atoms with van der Waals surface area (Å²) in [6.07, 6.45) is 7.77. The number of hydrogen-bond donors (Lipinski definition) is 1. The third-order valence-electron chi connectivity index (χ3n) is 6.21. The van der Waals surface area contributed by atoms with Crippen LogP contribution in [0.25, 0.3) is 16.7 Å². The highest BCUT2D eigenvalue weighted by atomic mass is 15.1. The summed E-state index contributed by atoms with van der Waals surface area (Å²) in [6.45, 7) is 2.23. The number of para-hydroxylation sites is 2. The first-order chi connectivity index (χ1) is 14.8. The van der Waals surface area contributed by atoms with Gasteiger partial charge in [0.25, 0.3) is 0 Å². The van der Waals surface area contributed by atoms with Gasteiger partial charge in [0.1, 0.15) is 11.9 Å². The Hall–Kier alpha value is -3.32. The normalized spacial score (nSPS) is 13.3. The number of benzene rings is 2. The van der Waals surface area contributed by atoms with E-state index < -0.39 is 0 Å². The van der Waals surface area contributed by atoms with E-state index in [2.05, 4.69) is 53.0 Å². The number of anilines is 2. The average Bonchev–Trinajstić information content (AvgIpc) is 3.18. The lowest BCUT2D eigenvalue weighted by atomic mass is 9.89. The van der Waals surface area contributed by atoms with Gasteiger partial charge in [0.2, 0.25) is 0 Å². The number of fused-ring (bicyclic) bond motifs is 4. The molecule has 0 spiro atoms. The molecule has 1 N–H and O–H groups in total. The van der Waals surface area contributed by atoms with E-state index in [0.29, 0.717) is 0 Å². The SMILES string of the molecule is CCCCc1ccc(Nc2c3c(c(C#N)c4nc5ccccc5n24)CCCC3)cc1. The number of nitriles is 1. The molecule has 0 amide bonds. The Morgan fingerprint density at radius 1 is 1.03 bits per heavy atom. The molecule has 30 heavy (non-hydrogen) atoms. The van der Waals surface area contributed by atoms with E-state index in [1.54, 1.807) is 0 Å². The van der Waals surface area contributed by atoms with E-state index in [1.165, 1.54) is 29.5 Å². The summed E-state index contributed by atoms with van der Waals surface area (Å²) in [5, 5.41) is 13.7. The van der Waals surface area contributed by atoms with Crippen molar-refractivity contribution in [1.82, 2.24) is 9.38 Å². The molecule has 4 heteroatoms. The molecule has 0 saturated heterocycles. The fraction of sp³-hybridized carbons (Fsp3) is 0.308. The molecule has 1 aliphatic rings. The van der Waals surface area contributed by atoms with Crippen molar-refractivity contribution in [2.45, 2.75) is 51.9 Å². The Bertz CT molecular complexity index is 1260. The van der Waals surface area contributed by atoms with Gasteiger partial charge in [-0.15, -0.1) is 0 Å². The van der Waals surface area contributed by atoms with Gasteiger partial charge in [-0.2, -0.15) is 5.26 Å². The highest BCUT2D eigenvalue weighted by Gasteiger charge is 2.24. The number of hydrogen-bond acceptors (Lipinski definition) is 3. The second-order valence-electron chi connectivity index (χ2n) is 8.18. The van der Waals surface area contributed by atoms with Crippen molar-refractivity contribution >= 4 is 28.2 Å². The smallest absolute Gasteiger partial charge is 0.157 e. The maximum absolute atomic E-state index is 9.98. The Kier molecular flexibility index (Phi) is 4.88. The summed E-state index contributed by atoms with van der Waals surface area (Å²) >= 11 is 0. The molecule has 0 unspecified atom stereocenters. The van der Waals surface area contributed by atoms with E-state index in [9.17, 15) is 5.26 Å². The molecule has 5 rings (SSSR count). The molecule has 0 atom stereocenters. The third-order valence-corrected chi connectivity index (χ3v) is 6.21. The van der Waals surface area contributed by atoms with Crippen molar-refractivity contribution in [2.24, 2.45) is 0 Å². The zero-order chi connectivity index (χ0) is 20.5. The van der Waals surface area contributed by atoms with Gasteiger partial charge in [-0.25, -0.2) is 4.98 Å². The molecule has 2 aromatic heterocycles. The maximum atomic E-state index is 9.98. The number of nitrogens with one attached hydrogen (secondary N) is 1. The van der Waals surface area contributed by atoms with Crippen LogP contribution in [0.15, 0.2) is 48.5 Å². The molecule has 0 bridgehead atoms. The summed E-state index contributed by atoms with van der Waals surface area (Å²) in [7, 11) is 0. The largest absolute Gasteiger partial charge is 0.341 e. The second kappa shape index (κ2) is 7.84. The summed E-state index contributed by atoms with van der Waals surface area (Å²) in [5.74, 6) is 1.06. The molecule has 0 aliphatic heterocycles. The van der Waals surface area contributed by atoms with Crippen LogP contribution in [-0.4, -0.2) is 9.38 Å². The number of rotatable bonds is 5. The second-order valence-corrected chi connectivity index (χ2v) is 8.18. The van der Waals surface area contributed by atoms with Gasteiger partial charge < -0.3 is 5.32 Å². The molecule has 0 saturated carbocycles. The summed E-state index contributed by atoms with van der Waals surface area (Å²) < 4.78 is 2.16. The van der Waals surface area contributed by atoms with Crippen LogP contribution < -0.4 is 5.32 Å².